The van der Waals surface area contributed by atoms with Gasteiger partial charge in [0, 0.05) is 29.9 Å². The van der Waals surface area contributed by atoms with E-state index in [1.807, 2.05) is 0 Å². The van der Waals surface area contributed by atoms with Crippen LogP contribution >= 0.6 is 23.2 Å². The number of esters is 1. The van der Waals surface area contributed by atoms with E-state index in [-0.39, 0.29) is 23.6 Å². The fourth-order valence-electron chi connectivity index (χ4n) is 2.09. The van der Waals surface area contributed by atoms with Crippen molar-refractivity contribution in [3.05, 3.63) is 62.6 Å². The molecule has 2 rings (SSSR count). The second-order valence-electron chi connectivity index (χ2n) is 5.69. The summed E-state index contributed by atoms with van der Waals surface area (Å²) < 4.78 is 4.81. The number of nitro groups is 1. The van der Waals surface area contributed by atoms with E-state index in [9.17, 15) is 24.5 Å². The van der Waals surface area contributed by atoms with Gasteiger partial charge < -0.3 is 15.4 Å². The summed E-state index contributed by atoms with van der Waals surface area (Å²) in [5.74, 6) is -1.78. The van der Waals surface area contributed by atoms with Crippen LogP contribution in [0.4, 0.5) is 17.1 Å². The number of hydrogen-bond acceptors (Lipinski definition) is 6. The Bertz CT molecular complexity index is 934. The largest absolute Gasteiger partial charge is 0.456 e. The van der Waals surface area contributed by atoms with Crippen LogP contribution in [-0.2, 0) is 19.1 Å². The van der Waals surface area contributed by atoms with Gasteiger partial charge >= 0.3 is 5.97 Å². The van der Waals surface area contributed by atoms with E-state index in [1.165, 1.54) is 42.5 Å². The Morgan fingerprint density at radius 2 is 1.52 bits per heavy atom. The molecule has 0 aliphatic carbocycles. The molecule has 2 aromatic carbocycles. The van der Waals surface area contributed by atoms with Gasteiger partial charge in [-0.2, -0.15) is 0 Å². The van der Waals surface area contributed by atoms with Gasteiger partial charge in [-0.1, -0.05) is 23.2 Å². The molecule has 11 heteroatoms. The molecule has 0 saturated carbocycles. The van der Waals surface area contributed by atoms with Crippen LogP contribution in [0.15, 0.2) is 42.5 Å². The van der Waals surface area contributed by atoms with Crippen molar-refractivity contribution >= 4 is 58.0 Å². The molecule has 0 fully saturated rings. The second-order valence-corrected chi connectivity index (χ2v) is 6.50. The lowest BCUT2D eigenvalue weighted by Crippen LogP contribution is -2.21. The molecule has 0 aliphatic rings. The third-order valence-electron chi connectivity index (χ3n) is 3.49. The number of carbonyl (C=O) groups is 3. The molecule has 29 heavy (non-hydrogen) atoms. The predicted molar refractivity (Wildman–Crippen MR) is 107 cm³/mol. The average Bonchev–Trinajstić information content (AvgIpc) is 2.68. The van der Waals surface area contributed by atoms with Crippen LogP contribution in [0.2, 0.25) is 10.0 Å². The lowest BCUT2D eigenvalue weighted by atomic mass is 10.2. The number of amides is 2. The summed E-state index contributed by atoms with van der Waals surface area (Å²) in [6.07, 6.45) is -0.414. The molecule has 0 radical (unpaired) electrons. The molecule has 2 N–H and O–H groups in total. The molecular weight excluding hydrogens is 425 g/mol. The fraction of sp³-hybridized carbons (Fsp3) is 0.167. The molecular formula is C18H15Cl2N3O6. The molecule has 2 amide bonds. The van der Waals surface area contributed by atoms with Crippen molar-refractivity contribution in [2.75, 3.05) is 17.2 Å². The highest BCUT2D eigenvalue weighted by molar-refractivity contribution is 6.42. The third kappa shape index (κ3) is 7.40. The van der Waals surface area contributed by atoms with E-state index in [2.05, 4.69) is 10.6 Å². The zero-order chi connectivity index (χ0) is 21.4. The van der Waals surface area contributed by atoms with Crippen LogP contribution in [-0.4, -0.2) is 29.3 Å². The monoisotopic (exact) mass is 439 g/mol. The second kappa shape index (κ2) is 10.4. The lowest BCUT2D eigenvalue weighted by molar-refractivity contribution is -0.384. The summed E-state index contributed by atoms with van der Waals surface area (Å²) in [5, 5.41) is 16.2. The van der Waals surface area contributed by atoms with Crippen LogP contribution in [0, 0.1) is 10.1 Å². The van der Waals surface area contributed by atoms with Gasteiger partial charge in [0.05, 0.1) is 21.4 Å². The van der Waals surface area contributed by atoms with Gasteiger partial charge in [0.25, 0.3) is 11.6 Å². The number of nitrogens with zero attached hydrogens (tertiary/aromatic N) is 1. The van der Waals surface area contributed by atoms with Crippen molar-refractivity contribution in [1.29, 1.82) is 0 Å². The van der Waals surface area contributed by atoms with Gasteiger partial charge in [-0.15, -0.1) is 0 Å². The van der Waals surface area contributed by atoms with Crippen molar-refractivity contribution < 1.29 is 24.0 Å². The summed E-state index contributed by atoms with van der Waals surface area (Å²) >= 11 is 11.6. The van der Waals surface area contributed by atoms with Gasteiger partial charge in [-0.05, 0) is 30.3 Å². The first-order chi connectivity index (χ1) is 13.7. The SMILES string of the molecule is O=C(CCC(=O)OCC(=O)Nc1ccc(Cl)c(Cl)c1)Nc1ccc([N+](=O)[O-])cc1. The number of benzene rings is 2. The quantitative estimate of drug-likeness (QED) is 0.365. The van der Waals surface area contributed by atoms with Crippen LogP contribution in [0.3, 0.4) is 0 Å². The Balaban J connectivity index is 1.70. The standard InChI is InChI=1S/C18H15Cl2N3O6/c19-14-6-3-12(9-15(14)20)22-17(25)10-29-18(26)8-7-16(24)21-11-1-4-13(5-2-11)23(27)28/h1-6,9H,7-8,10H2,(H,21,24)(H,22,25). The molecule has 0 unspecified atom stereocenters. The van der Waals surface area contributed by atoms with Crippen molar-refractivity contribution in [1.82, 2.24) is 0 Å². The predicted octanol–water partition coefficient (Wildman–Crippen LogP) is 3.80. The Hall–Kier alpha value is -3.17. The van der Waals surface area contributed by atoms with E-state index >= 15 is 0 Å². The van der Waals surface area contributed by atoms with Crippen LogP contribution in [0.1, 0.15) is 12.8 Å². The topological polar surface area (TPSA) is 128 Å². The number of nitro benzene ring substituents is 1. The Morgan fingerprint density at radius 3 is 2.14 bits per heavy atom. The van der Waals surface area contributed by atoms with E-state index in [0.29, 0.717) is 16.4 Å². The maximum Gasteiger partial charge on any atom is 0.306 e. The summed E-state index contributed by atoms with van der Waals surface area (Å²) in [6, 6.07) is 9.74. The van der Waals surface area contributed by atoms with Crippen molar-refractivity contribution in [3.8, 4) is 0 Å². The molecule has 9 nitrogen and oxygen atoms in total. The molecule has 2 aromatic rings. The normalized spacial score (nSPS) is 10.1. The highest BCUT2D eigenvalue weighted by atomic mass is 35.5. The fourth-order valence-corrected chi connectivity index (χ4v) is 2.39. The van der Waals surface area contributed by atoms with Crippen LogP contribution < -0.4 is 10.6 Å². The van der Waals surface area contributed by atoms with Gasteiger partial charge in [0.1, 0.15) is 0 Å². The molecule has 0 bridgehead atoms. The molecule has 0 spiro atoms. The van der Waals surface area contributed by atoms with Gasteiger partial charge in [0.15, 0.2) is 6.61 Å². The van der Waals surface area contributed by atoms with E-state index < -0.39 is 29.3 Å². The van der Waals surface area contributed by atoms with E-state index in [0.717, 1.165) is 0 Å². The maximum atomic E-state index is 11.8. The Morgan fingerprint density at radius 1 is 0.897 bits per heavy atom. The Labute approximate surface area is 175 Å². The first kappa shape index (κ1) is 22.1. The lowest BCUT2D eigenvalue weighted by Gasteiger charge is -2.08. The zero-order valence-electron chi connectivity index (χ0n) is 14.8. The maximum absolute atomic E-state index is 11.8. The number of rotatable bonds is 8. The van der Waals surface area contributed by atoms with Gasteiger partial charge in [-0.25, -0.2) is 0 Å². The number of hydrogen-bond donors (Lipinski definition) is 2. The third-order valence-corrected chi connectivity index (χ3v) is 4.22. The number of nitrogens with one attached hydrogen (secondary N) is 2. The minimum Gasteiger partial charge on any atom is -0.456 e. The zero-order valence-corrected chi connectivity index (χ0v) is 16.3. The average molecular weight is 440 g/mol. The van der Waals surface area contributed by atoms with Crippen molar-refractivity contribution in [2.45, 2.75) is 12.8 Å². The molecule has 0 atom stereocenters. The van der Waals surface area contributed by atoms with E-state index in [4.69, 9.17) is 27.9 Å². The molecule has 0 heterocycles. The van der Waals surface area contributed by atoms with Gasteiger partial charge in [-0.3, -0.25) is 24.5 Å². The minimum absolute atomic E-state index is 0.106. The number of carbonyl (C=O) groups excluding carboxylic acids is 3. The Kier molecular flexibility index (Phi) is 7.93. The first-order valence-electron chi connectivity index (χ1n) is 8.19. The summed E-state index contributed by atoms with van der Waals surface area (Å²) in [4.78, 5) is 45.3. The highest BCUT2D eigenvalue weighted by Crippen LogP contribution is 2.24. The summed E-state index contributed by atoms with van der Waals surface area (Å²) in [7, 11) is 0. The van der Waals surface area contributed by atoms with Crippen molar-refractivity contribution in [2.24, 2.45) is 0 Å². The summed E-state index contributed by atoms with van der Waals surface area (Å²) in [5.41, 5.74) is 0.642. The van der Waals surface area contributed by atoms with Crippen LogP contribution in [0.5, 0.6) is 0 Å². The molecule has 0 saturated heterocycles. The number of non-ortho nitro benzene ring substituents is 1. The minimum atomic E-state index is -0.729. The number of ether oxygens (including phenoxy) is 1. The number of halogens is 2. The molecule has 152 valence electrons. The first-order valence-corrected chi connectivity index (χ1v) is 8.95. The van der Waals surface area contributed by atoms with E-state index in [1.54, 1.807) is 0 Å². The van der Waals surface area contributed by atoms with Gasteiger partial charge in [0.2, 0.25) is 5.91 Å². The molecule has 0 aliphatic heterocycles. The summed E-state index contributed by atoms with van der Waals surface area (Å²) in [6.45, 7) is -0.525. The van der Waals surface area contributed by atoms with Crippen molar-refractivity contribution in [3.63, 3.8) is 0 Å². The van der Waals surface area contributed by atoms with Crippen LogP contribution in [0.25, 0.3) is 0 Å². The number of anilines is 2. The smallest absolute Gasteiger partial charge is 0.306 e. The highest BCUT2D eigenvalue weighted by Gasteiger charge is 2.12. The molecule has 0 aromatic heterocycles.